The monoisotopic (exact) mass is 407 g/mol. The van der Waals surface area contributed by atoms with Crippen LogP contribution in [0.25, 0.3) is 0 Å². The summed E-state index contributed by atoms with van der Waals surface area (Å²) in [4.78, 5) is 27.5. The second-order valence-electron chi connectivity index (χ2n) is 7.97. The number of carbonyl (C=O) groups excluding carboxylic acids is 2. The molecular weight excluding hydrogens is 382 g/mol. The van der Waals surface area contributed by atoms with Gasteiger partial charge in [-0.25, -0.2) is 4.79 Å². The smallest absolute Gasteiger partial charge is 0.321 e. The molecule has 28 heavy (non-hydrogen) atoms. The van der Waals surface area contributed by atoms with Crippen molar-refractivity contribution in [3.05, 3.63) is 23.2 Å². The Morgan fingerprint density at radius 3 is 2.68 bits per heavy atom. The van der Waals surface area contributed by atoms with Crippen molar-refractivity contribution in [3.8, 4) is 5.75 Å². The number of rotatable bonds is 4. The van der Waals surface area contributed by atoms with E-state index in [0.29, 0.717) is 48.8 Å². The van der Waals surface area contributed by atoms with Crippen molar-refractivity contribution in [2.75, 3.05) is 38.7 Å². The molecule has 7 nitrogen and oxygen atoms in total. The predicted octanol–water partition coefficient (Wildman–Crippen LogP) is 2.89. The van der Waals surface area contributed by atoms with Gasteiger partial charge in [-0.1, -0.05) is 11.6 Å². The second-order valence-corrected chi connectivity index (χ2v) is 8.38. The minimum absolute atomic E-state index is 0.0761. The highest BCUT2D eigenvalue weighted by atomic mass is 35.5. The Kier molecular flexibility index (Phi) is 5.38. The van der Waals surface area contributed by atoms with E-state index < -0.39 is 0 Å². The highest BCUT2D eigenvalue weighted by molar-refractivity contribution is 6.32. The Bertz CT molecular complexity index is 762. The zero-order valence-corrected chi connectivity index (χ0v) is 16.8. The fourth-order valence-electron chi connectivity index (χ4n) is 4.25. The number of amides is 3. The first kappa shape index (κ1) is 19.3. The van der Waals surface area contributed by atoms with E-state index in [2.05, 4.69) is 10.6 Å². The van der Waals surface area contributed by atoms with Gasteiger partial charge in [-0.2, -0.15) is 0 Å². The lowest BCUT2D eigenvalue weighted by Gasteiger charge is -2.37. The fourth-order valence-corrected chi connectivity index (χ4v) is 4.50. The Balaban J connectivity index is 1.47. The van der Waals surface area contributed by atoms with Gasteiger partial charge in [0.25, 0.3) is 0 Å². The van der Waals surface area contributed by atoms with E-state index in [-0.39, 0.29) is 23.3 Å². The first-order chi connectivity index (χ1) is 13.5. The molecule has 1 aliphatic carbocycles. The number of urea groups is 1. The van der Waals surface area contributed by atoms with Crippen molar-refractivity contribution in [3.63, 3.8) is 0 Å². The standard InChI is InChI=1S/C20H26ClN3O4/c1-27-17-5-4-14(10-16(17)21)23-19(26)24-11-15(18(25)22-13-2-3-13)20(12-24)6-8-28-9-7-20/h4-5,10,13,15H,2-3,6-9,11-12H2,1H3,(H,22,25)(H,23,26)/t15-/m0/s1. The van der Waals surface area contributed by atoms with Gasteiger partial charge in [-0.05, 0) is 43.9 Å². The lowest BCUT2D eigenvalue weighted by molar-refractivity contribution is -0.130. The van der Waals surface area contributed by atoms with Crippen LogP contribution in [0, 0.1) is 11.3 Å². The molecule has 1 aromatic rings. The van der Waals surface area contributed by atoms with Crippen molar-refractivity contribution in [1.82, 2.24) is 10.2 Å². The van der Waals surface area contributed by atoms with E-state index in [0.717, 1.165) is 25.7 Å². The van der Waals surface area contributed by atoms with Crippen LogP contribution in [-0.2, 0) is 9.53 Å². The van der Waals surface area contributed by atoms with Crippen molar-refractivity contribution in [2.24, 2.45) is 11.3 Å². The summed E-state index contributed by atoms with van der Waals surface area (Å²) in [6, 6.07) is 5.23. The zero-order chi connectivity index (χ0) is 19.7. The number of hydrogen-bond donors (Lipinski definition) is 2. The third kappa shape index (κ3) is 3.91. The van der Waals surface area contributed by atoms with Crippen LogP contribution in [0.5, 0.6) is 5.75 Å². The molecule has 1 aromatic carbocycles. The summed E-state index contributed by atoms with van der Waals surface area (Å²) >= 11 is 6.15. The lowest BCUT2D eigenvalue weighted by Crippen LogP contribution is -2.45. The van der Waals surface area contributed by atoms with E-state index >= 15 is 0 Å². The number of methoxy groups -OCH3 is 1. The van der Waals surface area contributed by atoms with E-state index in [4.69, 9.17) is 21.1 Å². The molecule has 3 amide bonds. The van der Waals surface area contributed by atoms with Crippen LogP contribution in [0.15, 0.2) is 18.2 Å². The molecule has 152 valence electrons. The van der Waals surface area contributed by atoms with Crippen molar-refractivity contribution < 1.29 is 19.1 Å². The van der Waals surface area contributed by atoms with Gasteiger partial charge in [-0.15, -0.1) is 0 Å². The summed E-state index contributed by atoms with van der Waals surface area (Å²) in [6.45, 7) is 2.26. The second kappa shape index (κ2) is 7.79. The maximum Gasteiger partial charge on any atom is 0.321 e. The maximum atomic E-state index is 12.9. The number of ether oxygens (including phenoxy) is 2. The molecule has 2 saturated heterocycles. The van der Waals surface area contributed by atoms with E-state index in [1.54, 1.807) is 30.2 Å². The zero-order valence-electron chi connectivity index (χ0n) is 16.0. The van der Waals surface area contributed by atoms with Crippen LogP contribution < -0.4 is 15.4 Å². The van der Waals surface area contributed by atoms with Crippen molar-refractivity contribution in [2.45, 2.75) is 31.7 Å². The summed E-state index contributed by atoms with van der Waals surface area (Å²) in [7, 11) is 1.55. The van der Waals surface area contributed by atoms with Gasteiger partial charge >= 0.3 is 6.03 Å². The van der Waals surface area contributed by atoms with Crippen LogP contribution in [0.3, 0.4) is 0 Å². The Hall–Kier alpha value is -1.99. The molecule has 4 rings (SSSR count). The molecule has 2 N–H and O–H groups in total. The highest BCUT2D eigenvalue weighted by Gasteiger charge is 2.52. The van der Waals surface area contributed by atoms with Gasteiger partial charge in [0, 0.05) is 43.4 Å². The topological polar surface area (TPSA) is 79.9 Å². The molecule has 0 radical (unpaired) electrons. The molecule has 8 heteroatoms. The first-order valence-electron chi connectivity index (χ1n) is 9.78. The molecule has 3 aliphatic rings. The van der Waals surface area contributed by atoms with Gasteiger partial charge in [-0.3, -0.25) is 4.79 Å². The summed E-state index contributed by atoms with van der Waals surface area (Å²) in [6.07, 6.45) is 3.70. The van der Waals surface area contributed by atoms with Crippen molar-refractivity contribution >= 4 is 29.2 Å². The summed E-state index contributed by atoms with van der Waals surface area (Å²) in [5.74, 6) is 0.438. The Morgan fingerprint density at radius 1 is 1.29 bits per heavy atom. The average molecular weight is 408 g/mol. The molecule has 3 fully saturated rings. The number of nitrogens with zero attached hydrogens (tertiary/aromatic N) is 1. The van der Waals surface area contributed by atoms with Crippen molar-refractivity contribution in [1.29, 1.82) is 0 Å². The molecule has 2 aliphatic heterocycles. The number of likely N-dealkylation sites (tertiary alicyclic amines) is 1. The van der Waals surface area contributed by atoms with Crippen LogP contribution in [0.1, 0.15) is 25.7 Å². The third-order valence-corrected chi connectivity index (χ3v) is 6.36. The normalized spacial score (nSPS) is 23.5. The van der Waals surface area contributed by atoms with Gasteiger partial charge in [0.15, 0.2) is 0 Å². The number of carbonyl (C=O) groups is 2. The van der Waals surface area contributed by atoms with Gasteiger partial charge in [0.1, 0.15) is 5.75 Å². The third-order valence-electron chi connectivity index (χ3n) is 6.07. The van der Waals surface area contributed by atoms with Crippen LogP contribution in [0.4, 0.5) is 10.5 Å². The van der Waals surface area contributed by atoms with Crippen LogP contribution >= 0.6 is 11.6 Å². The molecule has 0 aromatic heterocycles. The summed E-state index contributed by atoms with van der Waals surface area (Å²) < 4.78 is 10.7. The largest absolute Gasteiger partial charge is 0.495 e. The predicted molar refractivity (Wildman–Crippen MR) is 106 cm³/mol. The van der Waals surface area contributed by atoms with Crippen LogP contribution in [-0.4, -0.2) is 56.3 Å². The van der Waals surface area contributed by atoms with Crippen LogP contribution in [0.2, 0.25) is 5.02 Å². The minimum atomic E-state index is -0.214. The van der Waals surface area contributed by atoms with Gasteiger partial charge in [0.05, 0.1) is 18.1 Å². The molecule has 0 unspecified atom stereocenters. The minimum Gasteiger partial charge on any atom is -0.495 e. The molecule has 1 spiro atoms. The fraction of sp³-hybridized carbons (Fsp3) is 0.600. The Labute approximate surface area is 169 Å². The average Bonchev–Trinajstić information content (AvgIpc) is 3.42. The molecule has 1 atom stereocenters. The molecular formula is C20H26ClN3O4. The van der Waals surface area contributed by atoms with E-state index in [1.807, 2.05) is 0 Å². The van der Waals surface area contributed by atoms with E-state index in [9.17, 15) is 9.59 Å². The Morgan fingerprint density at radius 2 is 2.04 bits per heavy atom. The summed E-state index contributed by atoms with van der Waals surface area (Å²) in [5.41, 5.74) is 0.397. The van der Waals surface area contributed by atoms with E-state index in [1.165, 1.54) is 0 Å². The SMILES string of the molecule is COc1ccc(NC(=O)N2C[C@@H](C(=O)NC3CC3)C3(CCOCC3)C2)cc1Cl. The molecule has 1 saturated carbocycles. The maximum absolute atomic E-state index is 12.9. The van der Waals surface area contributed by atoms with Gasteiger partial charge < -0.3 is 25.0 Å². The quantitative estimate of drug-likeness (QED) is 0.804. The molecule has 0 bridgehead atoms. The number of benzene rings is 1. The number of hydrogen-bond acceptors (Lipinski definition) is 4. The highest BCUT2D eigenvalue weighted by Crippen LogP contribution is 2.45. The summed E-state index contributed by atoms with van der Waals surface area (Å²) in [5, 5.41) is 6.46. The number of halogens is 1. The van der Waals surface area contributed by atoms with Gasteiger partial charge in [0.2, 0.25) is 5.91 Å². The molecule has 2 heterocycles. The number of nitrogens with one attached hydrogen (secondary N) is 2. The first-order valence-corrected chi connectivity index (χ1v) is 10.2. The number of anilines is 1. The lowest BCUT2D eigenvalue weighted by atomic mass is 9.71.